The van der Waals surface area contributed by atoms with Crippen LogP contribution in [0.25, 0.3) is 4.96 Å². The van der Waals surface area contributed by atoms with Crippen molar-refractivity contribution in [3.05, 3.63) is 5.82 Å². The van der Waals surface area contributed by atoms with E-state index in [1.54, 1.807) is 0 Å². The summed E-state index contributed by atoms with van der Waals surface area (Å²) in [6.45, 7) is 0. The average Bonchev–Trinajstić information content (AvgIpc) is 2.43. The number of hydrogen-bond donors (Lipinski definition) is 1. The quantitative estimate of drug-likeness (QED) is 0.720. The van der Waals surface area contributed by atoms with Gasteiger partial charge in [-0.15, -0.1) is 15.3 Å². The molecule has 0 atom stereocenters. The molecule has 2 rings (SSSR count). The summed E-state index contributed by atoms with van der Waals surface area (Å²) in [6.07, 6.45) is -2.68. The first-order valence-corrected chi connectivity index (χ1v) is 3.76. The van der Waals surface area contributed by atoms with Gasteiger partial charge in [-0.1, -0.05) is 11.3 Å². The summed E-state index contributed by atoms with van der Waals surface area (Å²) in [5.74, 6) is -0.474. The van der Waals surface area contributed by atoms with Crippen molar-refractivity contribution < 1.29 is 8.78 Å². The van der Waals surface area contributed by atoms with Crippen LogP contribution < -0.4 is 5.73 Å². The van der Waals surface area contributed by atoms with E-state index in [1.165, 1.54) is 0 Å². The molecule has 0 saturated carbocycles. The van der Waals surface area contributed by atoms with Crippen molar-refractivity contribution in [2.24, 2.45) is 0 Å². The minimum absolute atomic E-state index is 0.196. The maximum atomic E-state index is 12.1. The zero-order valence-electron chi connectivity index (χ0n) is 5.61. The normalized spacial score (nSPS) is 11.6. The fourth-order valence-electron chi connectivity index (χ4n) is 0.783. The minimum Gasteiger partial charge on any atom is -0.374 e. The lowest BCUT2D eigenvalue weighted by atomic mass is 10.7. The zero-order chi connectivity index (χ0) is 8.72. The van der Waals surface area contributed by atoms with Crippen molar-refractivity contribution in [3.8, 4) is 0 Å². The summed E-state index contributed by atoms with van der Waals surface area (Å²) >= 11 is 1.01. The molecule has 0 amide bonds. The van der Waals surface area contributed by atoms with Crippen LogP contribution in [0.1, 0.15) is 12.2 Å². The van der Waals surface area contributed by atoms with Crippen LogP contribution in [0.3, 0.4) is 0 Å². The van der Waals surface area contributed by atoms with E-state index in [-0.39, 0.29) is 10.1 Å². The van der Waals surface area contributed by atoms with Gasteiger partial charge in [0.2, 0.25) is 15.9 Å². The predicted octanol–water partition coefficient (Wildman–Crippen LogP) is 0.706. The number of rotatable bonds is 1. The Labute approximate surface area is 68.8 Å². The third kappa shape index (κ3) is 0.916. The Kier molecular flexibility index (Phi) is 1.43. The van der Waals surface area contributed by atoms with Crippen molar-refractivity contribution in [2.45, 2.75) is 6.43 Å². The first-order chi connectivity index (χ1) is 5.68. The smallest absolute Gasteiger partial charge is 0.299 e. The van der Waals surface area contributed by atoms with E-state index in [2.05, 4.69) is 15.3 Å². The van der Waals surface area contributed by atoms with Crippen LogP contribution in [0.4, 0.5) is 13.9 Å². The lowest BCUT2D eigenvalue weighted by Gasteiger charge is -1.90. The maximum Gasteiger partial charge on any atom is 0.299 e. The molecule has 0 aliphatic heterocycles. The molecule has 0 bridgehead atoms. The van der Waals surface area contributed by atoms with E-state index in [0.717, 1.165) is 15.9 Å². The molecule has 0 unspecified atom stereocenters. The molecule has 0 aliphatic rings. The Balaban J connectivity index is 2.68. The molecule has 0 saturated heterocycles. The highest BCUT2D eigenvalue weighted by Crippen LogP contribution is 2.21. The van der Waals surface area contributed by atoms with Crippen LogP contribution in [-0.2, 0) is 0 Å². The summed E-state index contributed by atoms with van der Waals surface area (Å²) < 4.78 is 25.2. The van der Waals surface area contributed by atoms with Gasteiger partial charge >= 0.3 is 0 Å². The molecule has 2 aromatic heterocycles. The highest BCUT2D eigenvalue weighted by atomic mass is 32.1. The monoisotopic (exact) mass is 191 g/mol. The molecule has 2 N–H and O–H groups in total. The lowest BCUT2D eigenvalue weighted by molar-refractivity contribution is 0.137. The third-order valence-electron chi connectivity index (χ3n) is 1.23. The fourth-order valence-corrected chi connectivity index (χ4v) is 1.39. The SMILES string of the molecule is Nc1nn2c(C(F)F)nnc2s1. The molecule has 0 fully saturated rings. The summed E-state index contributed by atoms with van der Waals surface area (Å²) in [6, 6.07) is 0. The molecule has 12 heavy (non-hydrogen) atoms. The van der Waals surface area contributed by atoms with Crippen LogP contribution in [0, 0.1) is 0 Å². The Morgan fingerprint density at radius 2 is 2.17 bits per heavy atom. The van der Waals surface area contributed by atoms with Gasteiger partial charge in [0.15, 0.2) is 0 Å². The second-order valence-electron chi connectivity index (χ2n) is 1.99. The number of alkyl halides is 2. The highest BCUT2D eigenvalue weighted by Gasteiger charge is 2.18. The van der Waals surface area contributed by atoms with Crippen LogP contribution in [-0.4, -0.2) is 19.8 Å². The summed E-state index contributed by atoms with van der Waals surface area (Å²) in [5, 5.41) is 10.5. The molecule has 0 aliphatic carbocycles. The molecule has 2 aromatic rings. The molecule has 8 heteroatoms. The number of nitrogen functional groups attached to an aromatic ring is 1. The largest absolute Gasteiger partial charge is 0.374 e. The number of nitrogens with two attached hydrogens (primary N) is 1. The van der Waals surface area contributed by atoms with E-state index in [0.29, 0.717) is 0 Å². The average molecular weight is 191 g/mol. The van der Waals surface area contributed by atoms with Gasteiger partial charge in [0.1, 0.15) is 0 Å². The summed E-state index contributed by atoms with van der Waals surface area (Å²) in [5.41, 5.74) is 5.28. The van der Waals surface area contributed by atoms with E-state index < -0.39 is 12.2 Å². The van der Waals surface area contributed by atoms with Gasteiger partial charge in [0, 0.05) is 0 Å². The molecule has 0 spiro atoms. The topological polar surface area (TPSA) is 69.1 Å². The van der Waals surface area contributed by atoms with Gasteiger partial charge in [-0.2, -0.15) is 4.52 Å². The Hall–Kier alpha value is -1.31. The number of fused-ring (bicyclic) bond motifs is 1. The minimum atomic E-state index is -2.68. The van der Waals surface area contributed by atoms with Gasteiger partial charge in [0.25, 0.3) is 6.43 Å². The molecule has 5 nitrogen and oxygen atoms in total. The van der Waals surface area contributed by atoms with E-state index >= 15 is 0 Å². The molecular weight excluding hydrogens is 188 g/mol. The number of nitrogens with zero attached hydrogens (tertiary/aromatic N) is 4. The summed E-state index contributed by atoms with van der Waals surface area (Å²) in [7, 11) is 0. The van der Waals surface area contributed by atoms with Gasteiger partial charge in [-0.25, -0.2) is 8.78 Å². The molecular formula is C4H3F2N5S. The number of aromatic nitrogens is 4. The van der Waals surface area contributed by atoms with E-state index in [4.69, 9.17) is 5.73 Å². The van der Waals surface area contributed by atoms with Gasteiger partial charge in [0.05, 0.1) is 0 Å². The van der Waals surface area contributed by atoms with Crippen molar-refractivity contribution >= 4 is 21.4 Å². The molecule has 0 aromatic carbocycles. The lowest BCUT2D eigenvalue weighted by Crippen LogP contribution is -1.96. The maximum absolute atomic E-state index is 12.1. The van der Waals surface area contributed by atoms with Gasteiger partial charge in [-0.05, 0) is 0 Å². The molecule has 2 heterocycles. The third-order valence-corrected chi connectivity index (χ3v) is 1.95. The van der Waals surface area contributed by atoms with Crippen LogP contribution in [0.2, 0.25) is 0 Å². The Bertz CT molecular complexity index is 406. The number of hydrogen-bond acceptors (Lipinski definition) is 5. The first-order valence-electron chi connectivity index (χ1n) is 2.94. The van der Waals surface area contributed by atoms with Crippen molar-refractivity contribution in [1.29, 1.82) is 0 Å². The summed E-state index contributed by atoms with van der Waals surface area (Å²) in [4.78, 5) is 0.280. The van der Waals surface area contributed by atoms with Crippen LogP contribution in [0.15, 0.2) is 0 Å². The highest BCUT2D eigenvalue weighted by molar-refractivity contribution is 7.20. The van der Waals surface area contributed by atoms with Crippen LogP contribution >= 0.6 is 11.3 Å². The molecule has 0 radical (unpaired) electrons. The Morgan fingerprint density at radius 3 is 2.83 bits per heavy atom. The van der Waals surface area contributed by atoms with Gasteiger partial charge < -0.3 is 5.73 Å². The van der Waals surface area contributed by atoms with E-state index in [9.17, 15) is 8.78 Å². The Morgan fingerprint density at radius 1 is 1.42 bits per heavy atom. The van der Waals surface area contributed by atoms with Gasteiger partial charge in [-0.3, -0.25) is 0 Å². The van der Waals surface area contributed by atoms with E-state index in [1.807, 2.05) is 0 Å². The second-order valence-corrected chi connectivity index (χ2v) is 2.98. The number of halogens is 2. The fraction of sp³-hybridized carbons (Fsp3) is 0.250. The van der Waals surface area contributed by atoms with Crippen molar-refractivity contribution in [1.82, 2.24) is 19.8 Å². The molecule has 64 valence electrons. The standard InChI is InChI=1S/C4H3F2N5S/c5-1(6)2-8-9-4-11(2)10-3(7)12-4/h1H,(H2,7,10). The predicted molar refractivity (Wildman–Crippen MR) is 38.0 cm³/mol. The first kappa shape index (κ1) is 7.35. The van der Waals surface area contributed by atoms with Crippen molar-refractivity contribution in [3.63, 3.8) is 0 Å². The van der Waals surface area contributed by atoms with Crippen LogP contribution in [0.5, 0.6) is 0 Å². The second kappa shape index (κ2) is 2.34. The number of anilines is 1. The zero-order valence-corrected chi connectivity index (χ0v) is 6.42. The van der Waals surface area contributed by atoms with Crippen molar-refractivity contribution in [2.75, 3.05) is 5.73 Å².